The Balaban J connectivity index is 1.51. The Hall–Kier alpha value is -2.75. The van der Waals surface area contributed by atoms with Gasteiger partial charge in [0.1, 0.15) is 5.82 Å². The molecule has 8 nitrogen and oxygen atoms in total. The van der Waals surface area contributed by atoms with E-state index >= 15 is 0 Å². The molecular formula is C24H30N4O4S. The lowest BCUT2D eigenvalue weighted by atomic mass is 10.0. The van der Waals surface area contributed by atoms with Crippen LogP contribution in [-0.2, 0) is 14.8 Å². The van der Waals surface area contributed by atoms with E-state index in [1.54, 1.807) is 12.1 Å². The van der Waals surface area contributed by atoms with Gasteiger partial charge in [-0.2, -0.15) is 4.31 Å². The molecule has 3 aromatic rings. The van der Waals surface area contributed by atoms with E-state index in [2.05, 4.69) is 15.3 Å². The molecule has 0 spiro atoms. The summed E-state index contributed by atoms with van der Waals surface area (Å²) in [5.74, 6) is 0.500. The number of rotatable bonds is 6. The zero-order chi connectivity index (χ0) is 23.8. The van der Waals surface area contributed by atoms with Crippen LogP contribution in [-0.4, -0.2) is 53.9 Å². The van der Waals surface area contributed by atoms with Crippen molar-refractivity contribution >= 4 is 27.0 Å². The molecule has 0 bridgehead atoms. The number of nitrogens with zero attached hydrogens (tertiary/aromatic N) is 2. The highest BCUT2D eigenvalue weighted by molar-refractivity contribution is 7.89. The molecule has 4 rings (SSSR count). The lowest BCUT2D eigenvalue weighted by Crippen LogP contribution is -2.48. The van der Waals surface area contributed by atoms with Crippen LogP contribution < -0.4 is 5.32 Å². The SMILES string of the molecule is CC1CN(S(=O)(=O)c2ccc(C(=O)N[C@H](c3nc4ccccc4[nH]3)C(C)C)cc2)CC(C)O1. The first-order valence-corrected chi connectivity index (χ1v) is 12.6. The maximum atomic E-state index is 13.1. The van der Waals surface area contributed by atoms with Gasteiger partial charge in [-0.15, -0.1) is 0 Å². The van der Waals surface area contributed by atoms with Crippen molar-refractivity contribution in [1.29, 1.82) is 0 Å². The van der Waals surface area contributed by atoms with Crippen molar-refractivity contribution in [2.75, 3.05) is 13.1 Å². The summed E-state index contributed by atoms with van der Waals surface area (Å²) in [5.41, 5.74) is 2.14. The van der Waals surface area contributed by atoms with Crippen LogP contribution in [0.5, 0.6) is 0 Å². The van der Waals surface area contributed by atoms with E-state index in [1.165, 1.54) is 16.4 Å². The lowest BCUT2D eigenvalue weighted by Gasteiger charge is -2.34. The number of carbonyl (C=O) groups is 1. The van der Waals surface area contributed by atoms with Gasteiger partial charge < -0.3 is 15.0 Å². The number of aromatic nitrogens is 2. The largest absolute Gasteiger partial charge is 0.373 e. The van der Waals surface area contributed by atoms with E-state index in [0.29, 0.717) is 24.5 Å². The van der Waals surface area contributed by atoms with E-state index in [4.69, 9.17) is 4.74 Å². The van der Waals surface area contributed by atoms with E-state index in [1.807, 2.05) is 52.0 Å². The number of para-hydroxylation sites is 2. The van der Waals surface area contributed by atoms with E-state index in [-0.39, 0.29) is 35.0 Å². The third kappa shape index (κ3) is 4.95. The summed E-state index contributed by atoms with van der Waals surface area (Å²) < 4.78 is 33.2. The second-order valence-electron chi connectivity index (χ2n) is 8.94. The van der Waals surface area contributed by atoms with Crippen molar-refractivity contribution in [3.05, 3.63) is 59.9 Å². The maximum Gasteiger partial charge on any atom is 0.251 e. The average molecular weight is 471 g/mol. The Morgan fingerprint density at radius 2 is 1.73 bits per heavy atom. The summed E-state index contributed by atoms with van der Waals surface area (Å²) in [6.45, 7) is 8.36. The molecule has 0 aliphatic carbocycles. The zero-order valence-electron chi connectivity index (χ0n) is 19.3. The summed E-state index contributed by atoms with van der Waals surface area (Å²) in [4.78, 5) is 21.0. The van der Waals surface area contributed by atoms with E-state index < -0.39 is 10.0 Å². The Bertz CT molecular complexity index is 1190. The summed E-state index contributed by atoms with van der Waals surface area (Å²) in [6.07, 6.45) is -0.334. The third-order valence-electron chi connectivity index (χ3n) is 5.80. The number of benzene rings is 2. The first kappa shape index (κ1) is 23.4. The number of imidazole rings is 1. The van der Waals surface area contributed by atoms with Crippen molar-refractivity contribution in [1.82, 2.24) is 19.6 Å². The summed E-state index contributed by atoms with van der Waals surface area (Å²) in [5, 5.41) is 3.03. The van der Waals surface area contributed by atoms with Crippen LogP contribution in [0.1, 0.15) is 49.9 Å². The quantitative estimate of drug-likeness (QED) is 0.574. The molecule has 1 amide bonds. The number of carbonyl (C=O) groups excluding carboxylic acids is 1. The van der Waals surface area contributed by atoms with Crippen molar-refractivity contribution in [2.24, 2.45) is 5.92 Å². The number of amides is 1. The van der Waals surface area contributed by atoms with Crippen LogP contribution in [0.3, 0.4) is 0 Å². The minimum absolute atomic E-state index is 0.0967. The second kappa shape index (κ2) is 9.24. The van der Waals surface area contributed by atoms with Crippen molar-refractivity contribution in [3.63, 3.8) is 0 Å². The second-order valence-corrected chi connectivity index (χ2v) is 10.9. The first-order chi connectivity index (χ1) is 15.6. The Labute approximate surface area is 194 Å². The molecule has 33 heavy (non-hydrogen) atoms. The normalized spacial score (nSPS) is 20.8. The number of ether oxygens (including phenoxy) is 1. The van der Waals surface area contributed by atoms with Gasteiger partial charge in [0, 0.05) is 18.7 Å². The molecule has 2 unspecified atom stereocenters. The van der Waals surface area contributed by atoms with Gasteiger partial charge in [0.05, 0.1) is 34.2 Å². The van der Waals surface area contributed by atoms with Crippen molar-refractivity contribution in [2.45, 2.75) is 50.8 Å². The molecule has 1 fully saturated rings. The number of hydrogen-bond acceptors (Lipinski definition) is 5. The number of hydrogen-bond donors (Lipinski definition) is 2. The Morgan fingerprint density at radius 1 is 1.09 bits per heavy atom. The van der Waals surface area contributed by atoms with Crippen molar-refractivity contribution in [3.8, 4) is 0 Å². The fourth-order valence-corrected chi connectivity index (χ4v) is 5.74. The van der Waals surface area contributed by atoms with Crippen molar-refractivity contribution < 1.29 is 17.9 Å². The van der Waals surface area contributed by atoms with Crippen LogP contribution in [0.2, 0.25) is 0 Å². The van der Waals surface area contributed by atoms with Crippen LogP contribution >= 0.6 is 0 Å². The van der Waals surface area contributed by atoms with Gasteiger partial charge in [0.15, 0.2) is 0 Å². The summed E-state index contributed by atoms with van der Waals surface area (Å²) >= 11 is 0. The monoisotopic (exact) mass is 470 g/mol. The van der Waals surface area contributed by atoms with Gasteiger partial charge in [0.25, 0.3) is 5.91 Å². The van der Waals surface area contributed by atoms with Gasteiger partial charge in [-0.1, -0.05) is 26.0 Å². The van der Waals surface area contributed by atoms with E-state index in [0.717, 1.165) is 11.0 Å². The fraction of sp³-hybridized carbons (Fsp3) is 0.417. The topological polar surface area (TPSA) is 104 Å². The molecule has 1 aromatic heterocycles. The highest BCUT2D eigenvalue weighted by Gasteiger charge is 2.32. The predicted octanol–water partition coefficient (Wildman–Crippen LogP) is 3.49. The molecule has 0 radical (unpaired) electrons. The molecule has 2 N–H and O–H groups in total. The molecule has 1 aliphatic rings. The molecule has 2 heterocycles. The zero-order valence-corrected chi connectivity index (χ0v) is 20.1. The predicted molar refractivity (Wildman–Crippen MR) is 126 cm³/mol. The average Bonchev–Trinajstić information content (AvgIpc) is 3.20. The number of aromatic amines is 1. The molecular weight excluding hydrogens is 440 g/mol. The molecule has 1 saturated heterocycles. The summed E-state index contributed by atoms with van der Waals surface area (Å²) in [7, 11) is -3.66. The fourth-order valence-electron chi connectivity index (χ4n) is 4.15. The number of H-pyrrole nitrogens is 1. The smallest absolute Gasteiger partial charge is 0.251 e. The van der Waals surface area contributed by atoms with Gasteiger partial charge in [-0.3, -0.25) is 4.79 Å². The van der Waals surface area contributed by atoms with Crippen LogP contribution in [0, 0.1) is 5.92 Å². The molecule has 9 heteroatoms. The highest BCUT2D eigenvalue weighted by atomic mass is 32.2. The Morgan fingerprint density at radius 3 is 2.33 bits per heavy atom. The molecule has 2 aromatic carbocycles. The standard InChI is InChI=1S/C24H30N4O4S/c1-15(2)22(23-25-20-7-5-6-8-21(20)26-23)27-24(29)18-9-11-19(12-10-18)33(30,31)28-13-16(3)32-17(4)14-28/h5-12,15-17,22H,13-14H2,1-4H3,(H,25,26)(H,27,29)/t16?,17?,22-/m0/s1. The molecule has 0 saturated carbocycles. The van der Waals surface area contributed by atoms with Gasteiger partial charge >= 0.3 is 0 Å². The molecule has 3 atom stereocenters. The highest BCUT2D eigenvalue weighted by Crippen LogP contribution is 2.24. The first-order valence-electron chi connectivity index (χ1n) is 11.2. The van der Waals surface area contributed by atoms with Crippen LogP contribution in [0.4, 0.5) is 0 Å². The van der Waals surface area contributed by atoms with E-state index in [9.17, 15) is 13.2 Å². The molecule has 1 aliphatic heterocycles. The van der Waals surface area contributed by atoms with Crippen LogP contribution in [0.15, 0.2) is 53.4 Å². The van der Waals surface area contributed by atoms with Gasteiger partial charge in [0.2, 0.25) is 10.0 Å². The number of morpholine rings is 1. The molecule has 176 valence electrons. The maximum absolute atomic E-state index is 13.1. The minimum atomic E-state index is -3.66. The van der Waals surface area contributed by atoms with Crippen LogP contribution in [0.25, 0.3) is 11.0 Å². The third-order valence-corrected chi connectivity index (χ3v) is 7.64. The Kier molecular flexibility index (Phi) is 6.56. The minimum Gasteiger partial charge on any atom is -0.373 e. The summed E-state index contributed by atoms with van der Waals surface area (Å²) in [6, 6.07) is 13.5. The van der Waals surface area contributed by atoms with Gasteiger partial charge in [-0.25, -0.2) is 13.4 Å². The number of sulfonamides is 1. The van der Waals surface area contributed by atoms with Gasteiger partial charge in [-0.05, 0) is 56.2 Å². The number of nitrogens with one attached hydrogen (secondary N) is 2. The lowest BCUT2D eigenvalue weighted by molar-refractivity contribution is -0.0440. The number of fused-ring (bicyclic) bond motifs is 1.